The Hall–Kier alpha value is -1.56. The summed E-state index contributed by atoms with van der Waals surface area (Å²) >= 11 is 0. The highest BCUT2D eigenvalue weighted by atomic mass is 19.1. The first-order chi connectivity index (χ1) is 7.90. The topological polar surface area (TPSA) is 55.1 Å². The minimum atomic E-state index is -1.14. The van der Waals surface area contributed by atoms with Crippen molar-refractivity contribution in [3.05, 3.63) is 29.6 Å². The summed E-state index contributed by atoms with van der Waals surface area (Å²) in [4.78, 5) is 11.3. The molecule has 0 saturated carbocycles. The summed E-state index contributed by atoms with van der Waals surface area (Å²) in [5.74, 6) is -3.88. The van der Waals surface area contributed by atoms with Gasteiger partial charge in [-0.05, 0) is 13.3 Å². The SMILES string of the molecule is CC(N)CCC(=O)Nc1c(F)cc(F)cc1F. The first kappa shape index (κ1) is 13.5. The summed E-state index contributed by atoms with van der Waals surface area (Å²) in [6.07, 6.45) is 0.449. The zero-order valence-corrected chi connectivity index (χ0v) is 9.27. The van der Waals surface area contributed by atoms with E-state index in [2.05, 4.69) is 0 Å². The lowest BCUT2D eigenvalue weighted by Crippen LogP contribution is -2.20. The summed E-state index contributed by atoms with van der Waals surface area (Å²) in [5, 5.41) is 2.05. The molecule has 0 aliphatic rings. The van der Waals surface area contributed by atoms with Crippen molar-refractivity contribution >= 4 is 11.6 Å². The van der Waals surface area contributed by atoms with Crippen molar-refractivity contribution in [2.75, 3.05) is 5.32 Å². The molecule has 1 unspecified atom stereocenters. The van der Waals surface area contributed by atoms with Crippen molar-refractivity contribution in [1.82, 2.24) is 0 Å². The number of nitrogens with one attached hydrogen (secondary N) is 1. The Kier molecular flexibility index (Phi) is 4.51. The van der Waals surface area contributed by atoms with Crippen molar-refractivity contribution in [2.24, 2.45) is 5.73 Å². The molecule has 1 amide bonds. The van der Waals surface area contributed by atoms with E-state index < -0.39 is 29.0 Å². The van der Waals surface area contributed by atoms with Crippen LogP contribution in [0.4, 0.5) is 18.9 Å². The minimum absolute atomic E-state index is 0.0495. The molecule has 1 aromatic carbocycles. The maximum Gasteiger partial charge on any atom is 0.224 e. The van der Waals surface area contributed by atoms with Gasteiger partial charge in [-0.25, -0.2) is 13.2 Å². The molecule has 3 nitrogen and oxygen atoms in total. The van der Waals surface area contributed by atoms with E-state index in [1.165, 1.54) is 0 Å². The van der Waals surface area contributed by atoms with E-state index in [1.54, 1.807) is 6.92 Å². The molecule has 17 heavy (non-hydrogen) atoms. The van der Waals surface area contributed by atoms with Crippen LogP contribution in [0.3, 0.4) is 0 Å². The number of benzene rings is 1. The van der Waals surface area contributed by atoms with Crippen LogP contribution < -0.4 is 11.1 Å². The summed E-state index contributed by atoms with van der Waals surface area (Å²) < 4.78 is 38.9. The van der Waals surface area contributed by atoms with Crippen molar-refractivity contribution in [2.45, 2.75) is 25.8 Å². The summed E-state index contributed by atoms with van der Waals surface area (Å²) in [6.45, 7) is 1.71. The fourth-order valence-corrected chi connectivity index (χ4v) is 1.22. The highest BCUT2D eigenvalue weighted by Crippen LogP contribution is 2.20. The molecular weight excluding hydrogens is 233 g/mol. The van der Waals surface area contributed by atoms with Crippen molar-refractivity contribution < 1.29 is 18.0 Å². The average molecular weight is 246 g/mol. The Morgan fingerprint density at radius 2 is 1.88 bits per heavy atom. The number of anilines is 1. The molecule has 0 saturated heterocycles. The highest BCUT2D eigenvalue weighted by molar-refractivity contribution is 5.90. The van der Waals surface area contributed by atoms with Gasteiger partial charge in [0, 0.05) is 24.6 Å². The second-order valence-corrected chi connectivity index (χ2v) is 3.81. The number of rotatable bonds is 4. The number of carbonyl (C=O) groups excluding carboxylic acids is 1. The molecule has 94 valence electrons. The molecule has 0 aliphatic carbocycles. The lowest BCUT2D eigenvalue weighted by Gasteiger charge is -2.08. The van der Waals surface area contributed by atoms with Gasteiger partial charge in [0.25, 0.3) is 0 Å². The summed E-state index contributed by atoms with van der Waals surface area (Å²) in [6, 6.07) is 0.831. The van der Waals surface area contributed by atoms with E-state index in [-0.39, 0.29) is 12.5 Å². The Morgan fingerprint density at radius 1 is 1.35 bits per heavy atom. The number of halogens is 3. The van der Waals surface area contributed by atoms with E-state index in [0.29, 0.717) is 18.6 Å². The predicted octanol–water partition coefficient (Wildman–Crippen LogP) is 2.17. The predicted molar refractivity (Wildman–Crippen MR) is 57.8 cm³/mol. The van der Waals surface area contributed by atoms with E-state index >= 15 is 0 Å². The Labute approximate surface area is 96.8 Å². The maximum atomic E-state index is 13.2. The number of carbonyl (C=O) groups is 1. The molecule has 0 fully saturated rings. The fourth-order valence-electron chi connectivity index (χ4n) is 1.22. The van der Waals surface area contributed by atoms with Crippen molar-refractivity contribution in [3.8, 4) is 0 Å². The van der Waals surface area contributed by atoms with Gasteiger partial charge in [-0.2, -0.15) is 0 Å². The van der Waals surface area contributed by atoms with Gasteiger partial charge >= 0.3 is 0 Å². The van der Waals surface area contributed by atoms with E-state index in [4.69, 9.17) is 5.73 Å². The van der Waals surface area contributed by atoms with Crippen LogP contribution in [0.2, 0.25) is 0 Å². The number of hydrogen-bond donors (Lipinski definition) is 2. The molecule has 1 atom stereocenters. The van der Waals surface area contributed by atoms with Gasteiger partial charge in [0.15, 0.2) is 11.6 Å². The Balaban J connectivity index is 2.72. The standard InChI is InChI=1S/C11H13F3N2O/c1-6(15)2-3-10(17)16-11-8(13)4-7(12)5-9(11)14/h4-6H,2-3,15H2,1H3,(H,16,17). The molecule has 3 N–H and O–H groups in total. The van der Waals surface area contributed by atoms with Gasteiger partial charge in [-0.15, -0.1) is 0 Å². The Bertz CT molecular complexity index is 398. The van der Waals surface area contributed by atoms with E-state index in [9.17, 15) is 18.0 Å². The molecule has 0 bridgehead atoms. The molecule has 0 aromatic heterocycles. The van der Waals surface area contributed by atoms with Crippen molar-refractivity contribution in [3.63, 3.8) is 0 Å². The number of nitrogens with two attached hydrogens (primary N) is 1. The van der Waals surface area contributed by atoms with Crippen LogP contribution in [-0.2, 0) is 4.79 Å². The lowest BCUT2D eigenvalue weighted by atomic mass is 10.2. The minimum Gasteiger partial charge on any atom is -0.328 e. The number of hydrogen-bond acceptors (Lipinski definition) is 2. The molecule has 0 heterocycles. The molecule has 0 spiro atoms. The first-order valence-corrected chi connectivity index (χ1v) is 5.10. The second kappa shape index (κ2) is 5.67. The fraction of sp³-hybridized carbons (Fsp3) is 0.364. The van der Waals surface area contributed by atoms with Crippen LogP contribution in [0.25, 0.3) is 0 Å². The van der Waals surface area contributed by atoms with Crippen LogP contribution >= 0.6 is 0 Å². The third-order valence-electron chi connectivity index (χ3n) is 2.10. The molecule has 6 heteroatoms. The van der Waals surface area contributed by atoms with E-state index in [1.807, 2.05) is 5.32 Å². The third-order valence-corrected chi connectivity index (χ3v) is 2.10. The van der Waals surface area contributed by atoms with Crippen LogP contribution in [0.1, 0.15) is 19.8 Å². The highest BCUT2D eigenvalue weighted by Gasteiger charge is 2.14. The summed E-state index contributed by atoms with van der Waals surface area (Å²) in [5.41, 5.74) is 4.80. The summed E-state index contributed by atoms with van der Waals surface area (Å²) in [7, 11) is 0. The van der Waals surface area contributed by atoms with Gasteiger partial charge in [-0.3, -0.25) is 4.79 Å². The van der Waals surface area contributed by atoms with Crippen LogP contribution in [0.15, 0.2) is 12.1 Å². The van der Waals surface area contributed by atoms with Gasteiger partial charge in [-0.1, -0.05) is 0 Å². The van der Waals surface area contributed by atoms with E-state index in [0.717, 1.165) is 0 Å². The third kappa shape index (κ3) is 4.07. The molecule has 0 aliphatic heterocycles. The quantitative estimate of drug-likeness (QED) is 0.855. The molecule has 1 rings (SSSR count). The molecular formula is C11H13F3N2O. The average Bonchev–Trinajstić information content (AvgIpc) is 2.20. The zero-order chi connectivity index (χ0) is 13.0. The van der Waals surface area contributed by atoms with Crippen LogP contribution in [-0.4, -0.2) is 11.9 Å². The largest absolute Gasteiger partial charge is 0.328 e. The van der Waals surface area contributed by atoms with Gasteiger partial charge in [0.2, 0.25) is 5.91 Å². The number of amides is 1. The van der Waals surface area contributed by atoms with Gasteiger partial charge < -0.3 is 11.1 Å². The molecule has 1 aromatic rings. The monoisotopic (exact) mass is 246 g/mol. The van der Waals surface area contributed by atoms with Crippen molar-refractivity contribution in [1.29, 1.82) is 0 Å². The first-order valence-electron chi connectivity index (χ1n) is 5.10. The normalized spacial score (nSPS) is 12.3. The zero-order valence-electron chi connectivity index (χ0n) is 9.27. The van der Waals surface area contributed by atoms with Gasteiger partial charge in [0.1, 0.15) is 11.5 Å². The lowest BCUT2D eigenvalue weighted by molar-refractivity contribution is -0.116. The van der Waals surface area contributed by atoms with Gasteiger partial charge in [0.05, 0.1) is 0 Å². The van der Waals surface area contributed by atoms with Crippen LogP contribution in [0.5, 0.6) is 0 Å². The second-order valence-electron chi connectivity index (χ2n) is 3.81. The van der Waals surface area contributed by atoms with Crippen LogP contribution in [0, 0.1) is 17.5 Å². The molecule has 0 radical (unpaired) electrons. The Morgan fingerprint density at radius 3 is 2.35 bits per heavy atom. The smallest absolute Gasteiger partial charge is 0.224 e. The maximum absolute atomic E-state index is 13.2.